The van der Waals surface area contributed by atoms with E-state index in [-0.39, 0.29) is 12.1 Å². The molecule has 0 bridgehead atoms. The molecule has 0 saturated carbocycles. The summed E-state index contributed by atoms with van der Waals surface area (Å²) in [5, 5.41) is 6.34. The molecule has 1 atom stereocenters. The molecular weight excluding hydrogens is 286 g/mol. The molecule has 1 saturated heterocycles. The number of benzene rings is 1. The van der Waals surface area contributed by atoms with E-state index in [0.717, 1.165) is 38.8 Å². The summed E-state index contributed by atoms with van der Waals surface area (Å²) in [6.07, 6.45) is 6.75. The standard InChI is InChI=1S/C19H29N3O/c1-2-3-12-22-13-10-16(11-14-22)20-19(23)21-18-9-8-15-6-4-5-7-17(15)18/h4-7,16,18H,2-3,8-14H2,1H3,(H2,20,21,23). The number of rotatable bonds is 5. The van der Waals surface area contributed by atoms with Crippen molar-refractivity contribution in [2.24, 2.45) is 0 Å². The molecule has 1 heterocycles. The minimum atomic E-state index is -0.00119. The number of nitrogens with one attached hydrogen (secondary N) is 2. The molecule has 1 aromatic carbocycles. The first-order chi connectivity index (χ1) is 11.3. The van der Waals surface area contributed by atoms with Crippen molar-refractivity contribution in [2.75, 3.05) is 19.6 Å². The lowest BCUT2D eigenvalue weighted by molar-refractivity contribution is 0.189. The van der Waals surface area contributed by atoms with Crippen LogP contribution in [-0.4, -0.2) is 36.6 Å². The largest absolute Gasteiger partial charge is 0.335 e. The number of aryl methyl sites for hydroxylation is 1. The molecule has 0 spiro atoms. The summed E-state index contributed by atoms with van der Waals surface area (Å²) in [6, 6.07) is 8.94. The fourth-order valence-electron chi connectivity index (χ4n) is 3.78. The summed E-state index contributed by atoms with van der Waals surface area (Å²) < 4.78 is 0. The number of nitrogens with zero attached hydrogens (tertiary/aromatic N) is 1. The molecular formula is C19H29N3O. The van der Waals surface area contributed by atoms with Crippen molar-refractivity contribution in [1.29, 1.82) is 0 Å². The van der Waals surface area contributed by atoms with Crippen molar-refractivity contribution in [3.05, 3.63) is 35.4 Å². The number of carbonyl (C=O) groups excluding carboxylic acids is 1. The molecule has 1 fully saturated rings. The van der Waals surface area contributed by atoms with Crippen LogP contribution in [0.15, 0.2) is 24.3 Å². The first-order valence-corrected chi connectivity index (χ1v) is 9.13. The van der Waals surface area contributed by atoms with Gasteiger partial charge in [-0.05, 0) is 49.8 Å². The summed E-state index contributed by atoms with van der Waals surface area (Å²) in [4.78, 5) is 14.8. The van der Waals surface area contributed by atoms with Crippen LogP contribution < -0.4 is 10.6 Å². The van der Waals surface area contributed by atoms with Crippen LogP contribution in [0, 0.1) is 0 Å². The Morgan fingerprint density at radius 1 is 1.17 bits per heavy atom. The van der Waals surface area contributed by atoms with Gasteiger partial charge in [-0.1, -0.05) is 37.6 Å². The number of fused-ring (bicyclic) bond motifs is 1. The molecule has 3 rings (SSSR count). The summed E-state index contributed by atoms with van der Waals surface area (Å²) >= 11 is 0. The first-order valence-electron chi connectivity index (χ1n) is 9.13. The number of urea groups is 1. The first kappa shape index (κ1) is 16.3. The Kier molecular flexibility index (Phi) is 5.55. The Bertz CT molecular complexity index is 523. The SMILES string of the molecule is CCCCN1CCC(NC(=O)NC2CCc3ccccc32)CC1. The van der Waals surface area contributed by atoms with E-state index in [4.69, 9.17) is 0 Å². The van der Waals surface area contributed by atoms with Gasteiger partial charge in [-0.3, -0.25) is 0 Å². The predicted octanol–water partition coefficient (Wildman–Crippen LogP) is 3.24. The predicted molar refractivity (Wildman–Crippen MR) is 93.5 cm³/mol. The second-order valence-corrected chi connectivity index (χ2v) is 6.88. The number of likely N-dealkylation sites (tertiary alicyclic amines) is 1. The number of carbonyl (C=O) groups is 1. The quantitative estimate of drug-likeness (QED) is 0.876. The van der Waals surface area contributed by atoms with Crippen molar-refractivity contribution in [2.45, 2.75) is 57.5 Å². The van der Waals surface area contributed by atoms with Gasteiger partial charge in [-0.15, -0.1) is 0 Å². The summed E-state index contributed by atoms with van der Waals surface area (Å²) in [5.74, 6) is 0. The van der Waals surface area contributed by atoms with Crippen LogP contribution in [0.2, 0.25) is 0 Å². The van der Waals surface area contributed by atoms with E-state index < -0.39 is 0 Å². The van der Waals surface area contributed by atoms with Crippen molar-refractivity contribution >= 4 is 6.03 Å². The fraction of sp³-hybridized carbons (Fsp3) is 0.632. The maximum Gasteiger partial charge on any atom is 0.315 e. The van der Waals surface area contributed by atoms with Gasteiger partial charge >= 0.3 is 6.03 Å². The van der Waals surface area contributed by atoms with Gasteiger partial charge in [-0.25, -0.2) is 4.79 Å². The van der Waals surface area contributed by atoms with Gasteiger partial charge in [0, 0.05) is 19.1 Å². The van der Waals surface area contributed by atoms with Gasteiger partial charge in [0.25, 0.3) is 0 Å². The van der Waals surface area contributed by atoms with Crippen molar-refractivity contribution in [1.82, 2.24) is 15.5 Å². The van der Waals surface area contributed by atoms with Gasteiger partial charge in [0.2, 0.25) is 0 Å². The Balaban J connectivity index is 1.43. The van der Waals surface area contributed by atoms with E-state index in [1.807, 2.05) is 0 Å². The average Bonchev–Trinajstić information content (AvgIpc) is 2.97. The third-order valence-corrected chi connectivity index (χ3v) is 5.19. The third-order valence-electron chi connectivity index (χ3n) is 5.19. The minimum absolute atomic E-state index is 0.00119. The van der Waals surface area contributed by atoms with Crippen molar-refractivity contribution < 1.29 is 4.79 Å². The van der Waals surface area contributed by atoms with Crippen molar-refractivity contribution in [3.63, 3.8) is 0 Å². The smallest absolute Gasteiger partial charge is 0.315 e. The van der Waals surface area contributed by atoms with Gasteiger partial charge in [0.05, 0.1) is 6.04 Å². The second kappa shape index (κ2) is 7.82. The average molecular weight is 315 g/mol. The van der Waals surface area contributed by atoms with Crippen LogP contribution >= 0.6 is 0 Å². The van der Waals surface area contributed by atoms with E-state index in [9.17, 15) is 4.79 Å². The molecule has 2 amide bonds. The molecule has 2 N–H and O–H groups in total. The zero-order valence-corrected chi connectivity index (χ0v) is 14.2. The lowest BCUT2D eigenvalue weighted by Crippen LogP contribution is -2.48. The van der Waals surface area contributed by atoms with Crippen LogP contribution in [-0.2, 0) is 6.42 Å². The number of piperidine rings is 1. The molecule has 126 valence electrons. The Hall–Kier alpha value is -1.55. The summed E-state index contributed by atoms with van der Waals surface area (Å²) in [6.45, 7) is 5.66. The Labute approximate surface area is 139 Å². The van der Waals surface area contributed by atoms with E-state index in [2.05, 4.69) is 46.7 Å². The monoisotopic (exact) mass is 315 g/mol. The van der Waals surface area contributed by atoms with Crippen molar-refractivity contribution in [3.8, 4) is 0 Å². The molecule has 0 aromatic heterocycles. The number of hydrogen-bond donors (Lipinski definition) is 2. The van der Waals surface area contributed by atoms with E-state index in [0.29, 0.717) is 6.04 Å². The second-order valence-electron chi connectivity index (χ2n) is 6.88. The topological polar surface area (TPSA) is 44.4 Å². The number of unbranched alkanes of at least 4 members (excludes halogenated alkanes) is 1. The third kappa shape index (κ3) is 4.25. The van der Waals surface area contributed by atoms with E-state index in [1.165, 1.54) is 30.5 Å². The lowest BCUT2D eigenvalue weighted by atomic mass is 10.0. The van der Waals surface area contributed by atoms with E-state index >= 15 is 0 Å². The minimum Gasteiger partial charge on any atom is -0.335 e. The zero-order chi connectivity index (χ0) is 16.1. The maximum absolute atomic E-state index is 12.3. The summed E-state index contributed by atoms with van der Waals surface area (Å²) in [7, 11) is 0. The van der Waals surface area contributed by atoms with Crippen LogP contribution in [0.1, 0.15) is 56.2 Å². The van der Waals surface area contributed by atoms with E-state index in [1.54, 1.807) is 0 Å². The van der Waals surface area contributed by atoms with Crippen LogP contribution in [0.5, 0.6) is 0 Å². The molecule has 4 heteroatoms. The maximum atomic E-state index is 12.3. The Morgan fingerprint density at radius 3 is 2.74 bits per heavy atom. The molecule has 4 nitrogen and oxygen atoms in total. The highest BCUT2D eigenvalue weighted by Crippen LogP contribution is 2.30. The van der Waals surface area contributed by atoms with Gasteiger partial charge < -0.3 is 15.5 Å². The molecule has 1 aliphatic heterocycles. The normalized spacial score (nSPS) is 21.9. The van der Waals surface area contributed by atoms with Crippen LogP contribution in [0.4, 0.5) is 4.79 Å². The molecule has 2 aliphatic rings. The highest BCUT2D eigenvalue weighted by Gasteiger charge is 2.25. The van der Waals surface area contributed by atoms with Gasteiger partial charge in [0.15, 0.2) is 0 Å². The molecule has 1 unspecified atom stereocenters. The fourth-order valence-corrected chi connectivity index (χ4v) is 3.78. The molecule has 1 aliphatic carbocycles. The highest BCUT2D eigenvalue weighted by atomic mass is 16.2. The highest BCUT2D eigenvalue weighted by molar-refractivity contribution is 5.75. The lowest BCUT2D eigenvalue weighted by Gasteiger charge is -2.32. The zero-order valence-electron chi connectivity index (χ0n) is 14.2. The number of amides is 2. The number of hydrogen-bond acceptors (Lipinski definition) is 2. The molecule has 23 heavy (non-hydrogen) atoms. The van der Waals surface area contributed by atoms with Crippen LogP contribution in [0.25, 0.3) is 0 Å². The summed E-state index contributed by atoms with van der Waals surface area (Å²) in [5.41, 5.74) is 2.67. The van der Waals surface area contributed by atoms with Gasteiger partial charge in [0.1, 0.15) is 0 Å². The Morgan fingerprint density at radius 2 is 1.96 bits per heavy atom. The molecule has 0 radical (unpaired) electrons. The van der Waals surface area contributed by atoms with Crippen LogP contribution in [0.3, 0.4) is 0 Å². The van der Waals surface area contributed by atoms with Gasteiger partial charge in [-0.2, -0.15) is 0 Å². The molecule has 1 aromatic rings.